The molecule has 1 heterocycles. The standard InChI is InChI=1S/C25H29FN4O3/c1-4-33-14-6-13-27-24(31)18-7-5-8-20(15-18)29-25(32)22-16-28-30(23(22)17(2)3)21-11-9-19(26)10-12-21/h5,7-12,15-17H,4,6,13-14H2,1-3H3,(H,27,31)(H,29,32). The van der Waals surface area contributed by atoms with Gasteiger partial charge in [0.15, 0.2) is 0 Å². The zero-order valence-electron chi connectivity index (χ0n) is 19.1. The van der Waals surface area contributed by atoms with Gasteiger partial charge >= 0.3 is 0 Å². The molecule has 0 saturated heterocycles. The van der Waals surface area contributed by atoms with Crippen LogP contribution in [0.1, 0.15) is 59.5 Å². The normalized spacial score (nSPS) is 10.9. The van der Waals surface area contributed by atoms with Gasteiger partial charge < -0.3 is 15.4 Å². The van der Waals surface area contributed by atoms with Crippen molar-refractivity contribution in [1.29, 1.82) is 0 Å². The van der Waals surface area contributed by atoms with Crippen LogP contribution in [0.4, 0.5) is 10.1 Å². The molecule has 0 aliphatic carbocycles. The molecule has 0 unspecified atom stereocenters. The van der Waals surface area contributed by atoms with Crippen molar-refractivity contribution in [2.75, 3.05) is 25.1 Å². The molecule has 2 N–H and O–H groups in total. The monoisotopic (exact) mass is 452 g/mol. The van der Waals surface area contributed by atoms with E-state index >= 15 is 0 Å². The molecule has 33 heavy (non-hydrogen) atoms. The van der Waals surface area contributed by atoms with Crippen LogP contribution < -0.4 is 10.6 Å². The van der Waals surface area contributed by atoms with Gasteiger partial charge in [0.05, 0.1) is 23.1 Å². The van der Waals surface area contributed by atoms with Gasteiger partial charge in [-0.2, -0.15) is 5.10 Å². The number of amides is 2. The topological polar surface area (TPSA) is 85.2 Å². The molecule has 1 aromatic heterocycles. The lowest BCUT2D eigenvalue weighted by atomic mass is 10.0. The molecule has 0 atom stereocenters. The minimum atomic E-state index is -0.340. The Bertz CT molecular complexity index is 1090. The van der Waals surface area contributed by atoms with E-state index in [2.05, 4.69) is 15.7 Å². The Morgan fingerprint density at radius 2 is 1.88 bits per heavy atom. The second kappa shape index (κ2) is 11.4. The van der Waals surface area contributed by atoms with Crippen molar-refractivity contribution < 1.29 is 18.7 Å². The van der Waals surface area contributed by atoms with Gasteiger partial charge in [-0.1, -0.05) is 19.9 Å². The van der Waals surface area contributed by atoms with Crippen molar-refractivity contribution in [2.45, 2.75) is 33.1 Å². The van der Waals surface area contributed by atoms with Gasteiger partial charge in [-0.3, -0.25) is 9.59 Å². The van der Waals surface area contributed by atoms with Gasteiger partial charge in [0.25, 0.3) is 11.8 Å². The van der Waals surface area contributed by atoms with E-state index in [1.807, 2.05) is 20.8 Å². The van der Waals surface area contributed by atoms with Crippen molar-refractivity contribution >= 4 is 17.5 Å². The van der Waals surface area contributed by atoms with Gasteiger partial charge in [0.2, 0.25) is 0 Å². The molecule has 174 valence electrons. The number of hydrogen-bond donors (Lipinski definition) is 2. The lowest BCUT2D eigenvalue weighted by Gasteiger charge is -2.13. The highest BCUT2D eigenvalue weighted by atomic mass is 19.1. The van der Waals surface area contributed by atoms with Crippen molar-refractivity contribution in [2.24, 2.45) is 0 Å². The van der Waals surface area contributed by atoms with Crippen LogP contribution in [0.5, 0.6) is 0 Å². The van der Waals surface area contributed by atoms with Crippen LogP contribution in [-0.2, 0) is 4.74 Å². The van der Waals surface area contributed by atoms with Crippen LogP contribution in [0.25, 0.3) is 5.69 Å². The summed E-state index contributed by atoms with van der Waals surface area (Å²) >= 11 is 0. The molecule has 7 nitrogen and oxygen atoms in total. The molecule has 0 radical (unpaired) electrons. The summed E-state index contributed by atoms with van der Waals surface area (Å²) in [6, 6.07) is 12.7. The quantitative estimate of drug-likeness (QED) is 0.442. The zero-order chi connectivity index (χ0) is 23.8. The molecule has 0 aliphatic rings. The highest BCUT2D eigenvalue weighted by Gasteiger charge is 2.21. The fraction of sp³-hybridized carbons (Fsp3) is 0.320. The van der Waals surface area contributed by atoms with Crippen molar-refractivity contribution in [3.05, 3.63) is 77.4 Å². The highest BCUT2D eigenvalue weighted by molar-refractivity contribution is 6.06. The molecule has 8 heteroatoms. The summed E-state index contributed by atoms with van der Waals surface area (Å²) in [4.78, 5) is 25.5. The second-order valence-electron chi connectivity index (χ2n) is 7.83. The van der Waals surface area contributed by atoms with E-state index in [1.165, 1.54) is 18.3 Å². The number of nitrogens with one attached hydrogen (secondary N) is 2. The number of rotatable bonds is 10. The first-order valence-electron chi connectivity index (χ1n) is 11.0. The van der Waals surface area contributed by atoms with E-state index in [-0.39, 0.29) is 23.5 Å². The molecule has 0 saturated carbocycles. The lowest BCUT2D eigenvalue weighted by molar-refractivity contribution is 0.0943. The minimum absolute atomic E-state index is 0.00731. The van der Waals surface area contributed by atoms with Crippen molar-refractivity contribution in [3.63, 3.8) is 0 Å². The first-order chi connectivity index (χ1) is 15.9. The summed E-state index contributed by atoms with van der Waals surface area (Å²) in [6.07, 6.45) is 2.23. The number of aromatic nitrogens is 2. The molecule has 0 spiro atoms. The lowest BCUT2D eigenvalue weighted by Crippen LogP contribution is -2.25. The largest absolute Gasteiger partial charge is 0.382 e. The molecule has 3 rings (SSSR count). The molecule has 3 aromatic rings. The number of benzene rings is 2. The zero-order valence-corrected chi connectivity index (χ0v) is 19.1. The average Bonchev–Trinajstić information content (AvgIpc) is 3.25. The summed E-state index contributed by atoms with van der Waals surface area (Å²) in [5.74, 6) is -0.892. The van der Waals surface area contributed by atoms with E-state index in [0.717, 1.165) is 6.42 Å². The van der Waals surface area contributed by atoms with Crippen molar-refractivity contribution in [1.82, 2.24) is 15.1 Å². The first kappa shape index (κ1) is 24.1. The van der Waals surface area contributed by atoms with E-state index in [4.69, 9.17) is 4.74 Å². The third-order valence-corrected chi connectivity index (χ3v) is 5.01. The van der Waals surface area contributed by atoms with Crippen LogP contribution in [-0.4, -0.2) is 41.4 Å². The van der Waals surface area contributed by atoms with Gasteiger partial charge in [-0.15, -0.1) is 0 Å². The second-order valence-corrected chi connectivity index (χ2v) is 7.83. The van der Waals surface area contributed by atoms with Gasteiger partial charge in [-0.25, -0.2) is 9.07 Å². The summed E-state index contributed by atoms with van der Waals surface area (Å²) in [5, 5.41) is 10.1. The van der Waals surface area contributed by atoms with Crippen LogP contribution in [0.3, 0.4) is 0 Å². The molecule has 0 aliphatic heterocycles. The Morgan fingerprint density at radius 3 is 2.58 bits per heavy atom. The third-order valence-electron chi connectivity index (χ3n) is 5.01. The molecule has 0 fully saturated rings. The third kappa shape index (κ3) is 6.26. The fourth-order valence-electron chi connectivity index (χ4n) is 3.44. The summed E-state index contributed by atoms with van der Waals surface area (Å²) < 4.78 is 20.2. The van der Waals surface area contributed by atoms with E-state index < -0.39 is 0 Å². The van der Waals surface area contributed by atoms with Gasteiger partial charge in [-0.05, 0) is 61.7 Å². The van der Waals surface area contributed by atoms with Gasteiger partial charge in [0.1, 0.15) is 5.82 Å². The summed E-state index contributed by atoms with van der Waals surface area (Å²) in [6.45, 7) is 7.61. The Hall–Kier alpha value is -3.52. The Balaban J connectivity index is 1.73. The van der Waals surface area contributed by atoms with Crippen LogP contribution >= 0.6 is 0 Å². The SMILES string of the molecule is CCOCCCNC(=O)c1cccc(NC(=O)c2cnn(-c3ccc(F)cc3)c2C(C)C)c1. The minimum Gasteiger partial charge on any atom is -0.382 e. The molecular formula is C25H29FN4O3. The number of ether oxygens (including phenoxy) is 1. The van der Waals surface area contributed by atoms with Crippen molar-refractivity contribution in [3.8, 4) is 5.69 Å². The van der Waals surface area contributed by atoms with Crippen LogP contribution in [0.15, 0.2) is 54.7 Å². The van der Waals surface area contributed by atoms with Crippen LogP contribution in [0, 0.1) is 5.82 Å². The van der Waals surface area contributed by atoms with Crippen LogP contribution in [0.2, 0.25) is 0 Å². The maximum Gasteiger partial charge on any atom is 0.259 e. The predicted octanol–water partition coefficient (Wildman–Crippen LogP) is 4.54. The Kier molecular flexibility index (Phi) is 8.32. The summed E-state index contributed by atoms with van der Waals surface area (Å²) in [5.41, 5.74) is 2.76. The Morgan fingerprint density at radius 1 is 1.12 bits per heavy atom. The van der Waals surface area contributed by atoms with Gasteiger partial charge in [0, 0.05) is 31.0 Å². The average molecular weight is 453 g/mol. The number of hydrogen-bond acceptors (Lipinski definition) is 4. The highest BCUT2D eigenvalue weighted by Crippen LogP contribution is 2.24. The molecule has 2 aromatic carbocycles. The Labute approximate surface area is 193 Å². The number of halogens is 1. The fourth-order valence-corrected chi connectivity index (χ4v) is 3.44. The maximum absolute atomic E-state index is 13.3. The molecule has 2 amide bonds. The number of carbonyl (C=O) groups excluding carboxylic acids is 2. The number of carbonyl (C=O) groups is 2. The predicted molar refractivity (Wildman–Crippen MR) is 125 cm³/mol. The van der Waals surface area contributed by atoms with E-state index in [1.54, 1.807) is 41.1 Å². The maximum atomic E-state index is 13.3. The first-order valence-corrected chi connectivity index (χ1v) is 11.0. The molecular weight excluding hydrogens is 423 g/mol. The smallest absolute Gasteiger partial charge is 0.259 e. The molecule has 0 bridgehead atoms. The van der Waals surface area contributed by atoms with E-state index in [0.29, 0.717) is 48.0 Å². The number of nitrogens with zero attached hydrogens (tertiary/aromatic N) is 2. The van der Waals surface area contributed by atoms with E-state index in [9.17, 15) is 14.0 Å². The number of anilines is 1. The summed E-state index contributed by atoms with van der Waals surface area (Å²) in [7, 11) is 0.